The summed E-state index contributed by atoms with van der Waals surface area (Å²) in [6.45, 7) is 10.3. The summed E-state index contributed by atoms with van der Waals surface area (Å²) in [4.78, 5) is 31.2. The van der Waals surface area contributed by atoms with Gasteiger partial charge >= 0.3 is 5.69 Å². The second kappa shape index (κ2) is 20.9. The zero-order valence-corrected chi connectivity index (χ0v) is 36.6. The zero-order valence-electron chi connectivity index (χ0n) is 35.7. The maximum Gasteiger partial charge on any atom is 0.351 e. The first-order chi connectivity index (χ1) is 29.5. The number of hydrogen-bond acceptors (Lipinski definition) is 11. The van der Waals surface area contributed by atoms with E-state index in [4.69, 9.17) is 28.0 Å². The standard InChI is InChI=1S/C47H54N5O8P/c1-32(2)52(33(3)4)61(58-28-14-27-48)60-41-29-43(51-30-34(5)44(50-46(51)54)49-45(53)35-15-10-8-11-16-35)59-42(41)31-57-47(36-17-12-9-13-18-36,37-19-23-39(55-6)24-20-37)38-21-25-40(56-7)26-22-38/h8-13,15-26,30,32-33,41-43H,14,28-29,31H2,1-7H3,(H,49,50,53,54)/t41-,42+,43-,61?/m0/s1. The first-order valence-electron chi connectivity index (χ1n) is 20.3. The van der Waals surface area contributed by atoms with E-state index in [9.17, 15) is 14.9 Å². The van der Waals surface area contributed by atoms with Crippen molar-refractivity contribution < 1.29 is 32.8 Å². The van der Waals surface area contributed by atoms with Crippen LogP contribution in [0.5, 0.6) is 11.5 Å². The molecule has 5 aromatic rings. The van der Waals surface area contributed by atoms with E-state index in [-0.39, 0.29) is 49.9 Å². The quantitative estimate of drug-likeness (QED) is 0.0484. The van der Waals surface area contributed by atoms with Crippen molar-refractivity contribution in [2.75, 3.05) is 32.8 Å². The number of aryl methyl sites for hydroxylation is 1. The molecule has 1 aromatic heterocycles. The molecule has 1 unspecified atom stereocenters. The Morgan fingerprint density at radius 2 is 1.46 bits per heavy atom. The van der Waals surface area contributed by atoms with Gasteiger partial charge in [-0.25, -0.2) is 9.46 Å². The molecule has 4 atom stereocenters. The summed E-state index contributed by atoms with van der Waals surface area (Å²) in [6.07, 6.45) is -0.0854. The molecule has 4 aromatic carbocycles. The van der Waals surface area contributed by atoms with Gasteiger partial charge in [-0.05, 0) is 87.7 Å². The molecular formula is C47H54N5O8P. The molecule has 0 aliphatic carbocycles. The van der Waals surface area contributed by atoms with E-state index in [0.29, 0.717) is 22.6 Å². The van der Waals surface area contributed by atoms with Crippen LogP contribution >= 0.6 is 8.53 Å². The van der Waals surface area contributed by atoms with Crippen LogP contribution in [0.15, 0.2) is 120 Å². The predicted octanol–water partition coefficient (Wildman–Crippen LogP) is 8.78. The number of nitrogens with zero attached hydrogens (tertiary/aromatic N) is 4. The highest BCUT2D eigenvalue weighted by atomic mass is 31.2. The van der Waals surface area contributed by atoms with Gasteiger partial charge in [-0.15, -0.1) is 0 Å². The second-order valence-electron chi connectivity index (χ2n) is 15.2. The van der Waals surface area contributed by atoms with Crippen LogP contribution in [0.3, 0.4) is 0 Å². The van der Waals surface area contributed by atoms with Crippen molar-refractivity contribution in [2.45, 2.75) is 83.6 Å². The molecular weight excluding hydrogens is 794 g/mol. The number of carbonyl (C=O) groups is 1. The van der Waals surface area contributed by atoms with Gasteiger partial charge in [0, 0.05) is 35.8 Å². The van der Waals surface area contributed by atoms with Crippen LogP contribution in [-0.4, -0.2) is 71.9 Å². The Labute approximate surface area is 359 Å². The molecule has 61 heavy (non-hydrogen) atoms. The summed E-state index contributed by atoms with van der Waals surface area (Å²) in [7, 11) is 1.55. The summed E-state index contributed by atoms with van der Waals surface area (Å²) >= 11 is 0. The Hall–Kier alpha value is -5.45. The number of anilines is 1. The second-order valence-corrected chi connectivity index (χ2v) is 16.6. The van der Waals surface area contributed by atoms with Gasteiger partial charge in [-0.1, -0.05) is 72.8 Å². The molecule has 0 saturated carbocycles. The van der Waals surface area contributed by atoms with Crippen LogP contribution < -0.4 is 20.5 Å². The monoisotopic (exact) mass is 847 g/mol. The number of amides is 1. The average molecular weight is 848 g/mol. The summed E-state index contributed by atoms with van der Waals surface area (Å²) < 4.78 is 42.1. The number of methoxy groups -OCH3 is 2. The SMILES string of the molecule is COc1ccc(C(OC[C@H]2O[C@H](n3cc(C)c(NC(=O)c4ccccc4)nc3=O)C[C@@H]2OP(OCCC#N)N(C(C)C)C(C)C)(c2ccccc2)c2ccc(OC)cc2)cc1. The minimum Gasteiger partial charge on any atom is -0.497 e. The Morgan fingerprint density at radius 3 is 2.00 bits per heavy atom. The van der Waals surface area contributed by atoms with Gasteiger partial charge in [0.05, 0.1) is 46.0 Å². The molecule has 0 radical (unpaired) electrons. The number of nitrogens with one attached hydrogen (secondary N) is 1. The van der Waals surface area contributed by atoms with Crippen LogP contribution in [0.25, 0.3) is 0 Å². The van der Waals surface area contributed by atoms with Crippen molar-refractivity contribution in [3.8, 4) is 17.6 Å². The van der Waals surface area contributed by atoms with Gasteiger partial charge in [0.25, 0.3) is 14.4 Å². The number of nitriles is 1. The van der Waals surface area contributed by atoms with E-state index in [1.54, 1.807) is 51.6 Å². The average Bonchev–Trinajstić information content (AvgIpc) is 3.67. The van der Waals surface area contributed by atoms with E-state index < -0.39 is 38.3 Å². The highest BCUT2D eigenvalue weighted by molar-refractivity contribution is 7.44. The Balaban J connectivity index is 1.41. The van der Waals surface area contributed by atoms with Crippen molar-refractivity contribution in [3.63, 3.8) is 0 Å². The van der Waals surface area contributed by atoms with Gasteiger partial charge in [-0.3, -0.25) is 9.36 Å². The van der Waals surface area contributed by atoms with Crippen LogP contribution in [-0.2, 0) is 24.1 Å². The first kappa shape index (κ1) is 45.1. The van der Waals surface area contributed by atoms with Crippen LogP contribution in [0, 0.1) is 18.3 Å². The van der Waals surface area contributed by atoms with E-state index in [0.717, 1.165) is 16.7 Å². The molecule has 320 valence electrons. The first-order valence-corrected chi connectivity index (χ1v) is 21.5. The molecule has 1 amide bonds. The fourth-order valence-electron chi connectivity index (χ4n) is 7.49. The number of aromatic nitrogens is 2. The van der Waals surface area contributed by atoms with Gasteiger partial charge < -0.3 is 33.3 Å². The molecule has 1 aliphatic heterocycles. The number of hydrogen-bond donors (Lipinski definition) is 1. The fraction of sp³-hybridized carbons (Fsp3) is 0.362. The highest BCUT2D eigenvalue weighted by Crippen LogP contribution is 2.50. The summed E-state index contributed by atoms with van der Waals surface area (Å²) in [5, 5.41) is 12.2. The normalized spacial score (nSPS) is 17.0. The van der Waals surface area contributed by atoms with E-state index in [1.165, 1.54) is 4.57 Å². The van der Waals surface area contributed by atoms with Gasteiger partial charge in [-0.2, -0.15) is 10.2 Å². The van der Waals surface area contributed by atoms with Crippen molar-refractivity contribution in [3.05, 3.63) is 154 Å². The molecule has 1 fully saturated rings. The summed E-state index contributed by atoms with van der Waals surface area (Å²) in [6, 6.07) is 36.5. The van der Waals surface area contributed by atoms with Crippen LogP contribution in [0.1, 0.15) is 79.4 Å². The van der Waals surface area contributed by atoms with Crippen molar-refractivity contribution in [1.82, 2.24) is 14.2 Å². The molecule has 14 heteroatoms. The molecule has 1 saturated heterocycles. The smallest absolute Gasteiger partial charge is 0.351 e. The zero-order chi connectivity index (χ0) is 43.5. The van der Waals surface area contributed by atoms with Crippen molar-refractivity contribution in [2.24, 2.45) is 0 Å². The molecule has 6 rings (SSSR count). The minimum absolute atomic E-state index is 0.0191. The third kappa shape index (κ3) is 10.5. The van der Waals surface area contributed by atoms with Crippen LogP contribution in [0.4, 0.5) is 5.82 Å². The Morgan fingerprint density at radius 1 is 0.902 bits per heavy atom. The molecule has 2 heterocycles. The Bertz CT molecular complexity index is 2230. The topological polar surface area (TPSA) is 146 Å². The minimum atomic E-state index is -1.70. The Kier molecular flexibility index (Phi) is 15.4. The maximum absolute atomic E-state index is 13.8. The van der Waals surface area contributed by atoms with E-state index >= 15 is 0 Å². The number of rotatable bonds is 19. The van der Waals surface area contributed by atoms with Gasteiger partial charge in [0.1, 0.15) is 35.2 Å². The van der Waals surface area contributed by atoms with Gasteiger partial charge in [0.15, 0.2) is 0 Å². The lowest BCUT2D eigenvalue weighted by Gasteiger charge is -2.39. The molecule has 0 spiro atoms. The maximum atomic E-state index is 13.8. The molecule has 13 nitrogen and oxygen atoms in total. The van der Waals surface area contributed by atoms with E-state index in [1.807, 2.05) is 84.9 Å². The third-order valence-corrected chi connectivity index (χ3v) is 12.6. The lowest BCUT2D eigenvalue weighted by Crippen LogP contribution is -2.39. The third-order valence-electron chi connectivity index (χ3n) is 10.4. The summed E-state index contributed by atoms with van der Waals surface area (Å²) in [5.41, 5.74) is 1.80. The van der Waals surface area contributed by atoms with E-state index in [2.05, 4.69) is 48.7 Å². The number of ether oxygens (including phenoxy) is 4. The number of carbonyl (C=O) groups excluding carboxylic acids is 1. The fourth-order valence-corrected chi connectivity index (χ4v) is 9.25. The number of benzene rings is 4. The lowest BCUT2D eigenvalue weighted by atomic mass is 9.80. The summed E-state index contributed by atoms with van der Waals surface area (Å²) in [5.74, 6) is 1.17. The predicted molar refractivity (Wildman–Crippen MR) is 235 cm³/mol. The van der Waals surface area contributed by atoms with Crippen molar-refractivity contribution in [1.29, 1.82) is 5.26 Å². The highest BCUT2D eigenvalue weighted by Gasteiger charge is 2.45. The molecule has 0 bridgehead atoms. The molecule has 1 aliphatic rings. The molecule has 1 N–H and O–H groups in total. The van der Waals surface area contributed by atoms with Gasteiger partial charge in [0.2, 0.25) is 0 Å². The lowest BCUT2D eigenvalue weighted by molar-refractivity contribution is -0.0925. The van der Waals surface area contributed by atoms with Crippen LogP contribution in [0.2, 0.25) is 0 Å². The largest absolute Gasteiger partial charge is 0.497 e. The van der Waals surface area contributed by atoms with Crippen molar-refractivity contribution >= 4 is 20.3 Å².